The molecule has 4 nitrogen and oxygen atoms in total. The van der Waals surface area contributed by atoms with Crippen molar-refractivity contribution in [3.05, 3.63) is 64.7 Å². The molecule has 2 rings (SSSR count). The van der Waals surface area contributed by atoms with E-state index in [2.05, 4.69) is 12.2 Å². The highest BCUT2D eigenvalue weighted by Crippen LogP contribution is 2.27. The largest absolute Gasteiger partial charge is 0.496 e. The van der Waals surface area contributed by atoms with Crippen molar-refractivity contribution in [2.24, 2.45) is 0 Å². The van der Waals surface area contributed by atoms with Gasteiger partial charge in [-0.3, -0.25) is 9.69 Å². The summed E-state index contributed by atoms with van der Waals surface area (Å²) < 4.78 is 5.41. The predicted octanol–water partition coefficient (Wildman–Crippen LogP) is 3.70. The summed E-state index contributed by atoms with van der Waals surface area (Å²) in [4.78, 5) is 14.2. The van der Waals surface area contributed by atoms with E-state index in [9.17, 15) is 4.79 Å². The summed E-state index contributed by atoms with van der Waals surface area (Å²) in [5.41, 5.74) is 2.18. The van der Waals surface area contributed by atoms with E-state index < -0.39 is 0 Å². The Balaban J connectivity index is 1.83. The smallest absolute Gasteiger partial charge is 0.234 e. The van der Waals surface area contributed by atoms with Crippen molar-refractivity contribution in [3.63, 3.8) is 0 Å². The van der Waals surface area contributed by atoms with Crippen LogP contribution in [0.15, 0.2) is 48.5 Å². The fourth-order valence-corrected chi connectivity index (χ4v) is 2.92. The average molecular weight is 361 g/mol. The average Bonchev–Trinajstić information content (AvgIpc) is 2.61. The lowest BCUT2D eigenvalue weighted by Gasteiger charge is -2.25. The van der Waals surface area contributed by atoms with Gasteiger partial charge in [-0.1, -0.05) is 41.9 Å². The second-order valence-corrected chi connectivity index (χ2v) is 6.50. The number of methoxy groups -OCH3 is 1. The lowest BCUT2D eigenvalue weighted by atomic mass is 10.1. The van der Waals surface area contributed by atoms with Crippen molar-refractivity contribution < 1.29 is 9.53 Å². The molecule has 2 aromatic carbocycles. The highest BCUT2D eigenvalue weighted by molar-refractivity contribution is 6.30. The van der Waals surface area contributed by atoms with Crippen LogP contribution in [0.4, 0.5) is 0 Å². The lowest BCUT2D eigenvalue weighted by Crippen LogP contribution is -2.37. The first-order valence-electron chi connectivity index (χ1n) is 8.35. The topological polar surface area (TPSA) is 41.6 Å². The molecule has 0 spiro atoms. The van der Waals surface area contributed by atoms with E-state index in [0.29, 0.717) is 18.1 Å². The quantitative estimate of drug-likeness (QED) is 0.780. The lowest BCUT2D eigenvalue weighted by molar-refractivity contribution is -0.122. The number of rotatable bonds is 8. The molecule has 5 heteroatoms. The zero-order valence-corrected chi connectivity index (χ0v) is 15.7. The van der Waals surface area contributed by atoms with Crippen molar-refractivity contribution >= 4 is 17.5 Å². The molecule has 0 aliphatic carbocycles. The van der Waals surface area contributed by atoms with Crippen LogP contribution in [0.3, 0.4) is 0 Å². The number of halogens is 1. The number of amides is 1. The van der Waals surface area contributed by atoms with Crippen LogP contribution in [0.5, 0.6) is 5.75 Å². The first-order chi connectivity index (χ1) is 12.0. The molecular formula is C20H25ClN2O2. The van der Waals surface area contributed by atoms with Crippen molar-refractivity contribution in [2.75, 3.05) is 27.2 Å². The van der Waals surface area contributed by atoms with Crippen LogP contribution in [0.1, 0.15) is 24.1 Å². The van der Waals surface area contributed by atoms with Gasteiger partial charge < -0.3 is 10.1 Å². The number of carbonyl (C=O) groups excluding carboxylic acids is 1. The number of benzene rings is 2. The molecule has 0 saturated heterocycles. The maximum atomic E-state index is 12.2. The molecule has 2 aromatic rings. The van der Waals surface area contributed by atoms with Gasteiger partial charge in [0.05, 0.1) is 13.7 Å². The summed E-state index contributed by atoms with van der Waals surface area (Å²) in [6.45, 7) is 2.99. The molecule has 25 heavy (non-hydrogen) atoms. The monoisotopic (exact) mass is 360 g/mol. The minimum absolute atomic E-state index is 0.00581. The van der Waals surface area contributed by atoms with E-state index in [0.717, 1.165) is 23.3 Å². The molecule has 0 radical (unpaired) electrons. The van der Waals surface area contributed by atoms with Gasteiger partial charge in [0.25, 0.3) is 0 Å². The van der Waals surface area contributed by atoms with Gasteiger partial charge >= 0.3 is 0 Å². The number of nitrogens with one attached hydrogen (secondary N) is 1. The summed E-state index contributed by atoms with van der Waals surface area (Å²) in [7, 11) is 3.60. The second kappa shape index (κ2) is 9.44. The van der Waals surface area contributed by atoms with E-state index in [1.54, 1.807) is 7.11 Å². The fraction of sp³-hybridized carbons (Fsp3) is 0.350. The number of ether oxygens (including phenoxy) is 1. The third-order valence-corrected chi connectivity index (χ3v) is 4.50. The standard InChI is InChI=1S/C20H25ClN2O2/c1-15(18-9-4-5-10-19(18)25-3)23(2)14-20(24)22-12-11-16-7-6-8-17(21)13-16/h4-10,13,15H,11-12,14H2,1-3H3,(H,22,24)/t15-/m0/s1. The third-order valence-electron chi connectivity index (χ3n) is 4.27. The molecule has 0 saturated carbocycles. The van der Waals surface area contributed by atoms with E-state index in [-0.39, 0.29) is 11.9 Å². The van der Waals surface area contributed by atoms with Gasteiger partial charge in [-0.05, 0) is 44.2 Å². The summed E-state index contributed by atoms with van der Waals surface area (Å²) in [6.07, 6.45) is 0.762. The zero-order valence-electron chi connectivity index (χ0n) is 15.0. The van der Waals surface area contributed by atoms with Crippen LogP contribution >= 0.6 is 11.6 Å². The van der Waals surface area contributed by atoms with E-state index >= 15 is 0 Å². The summed E-state index contributed by atoms with van der Waals surface area (Å²) in [5, 5.41) is 3.68. The van der Waals surface area contributed by atoms with Crippen LogP contribution < -0.4 is 10.1 Å². The van der Waals surface area contributed by atoms with Crippen LogP contribution in [-0.2, 0) is 11.2 Å². The van der Waals surface area contributed by atoms with Crippen molar-refractivity contribution in [2.45, 2.75) is 19.4 Å². The Morgan fingerprint density at radius 1 is 1.24 bits per heavy atom. The first-order valence-corrected chi connectivity index (χ1v) is 8.73. The maximum absolute atomic E-state index is 12.2. The second-order valence-electron chi connectivity index (χ2n) is 6.06. The molecule has 134 valence electrons. The minimum atomic E-state index is 0.00581. The van der Waals surface area contributed by atoms with Crippen molar-refractivity contribution in [1.29, 1.82) is 0 Å². The van der Waals surface area contributed by atoms with Gasteiger partial charge in [-0.2, -0.15) is 0 Å². The van der Waals surface area contributed by atoms with Gasteiger partial charge in [0.1, 0.15) is 5.75 Å². The Labute approximate surface area is 154 Å². The van der Waals surface area contributed by atoms with Gasteiger partial charge in [0.15, 0.2) is 0 Å². The Morgan fingerprint density at radius 2 is 2.00 bits per heavy atom. The van der Waals surface area contributed by atoms with E-state index in [1.165, 1.54) is 0 Å². The van der Waals surface area contributed by atoms with Crippen LogP contribution in [0, 0.1) is 0 Å². The Kier molecular flexibility index (Phi) is 7.29. The third kappa shape index (κ3) is 5.76. The molecular weight excluding hydrogens is 336 g/mol. The van der Waals surface area contributed by atoms with E-state index in [4.69, 9.17) is 16.3 Å². The van der Waals surface area contributed by atoms with E-state index in [1.807, 2.05) is 60.5 Å². The van der Waals surface area contributed by atoms with Crippen LogP contribution in [0.2, 0.25) is 5.02 Å². The number of likely N-dealkylation sites (N-methyl/N-ethyl adjacent to an activating group) is 1. The number of carbonyl (C=O) groups is 1. The number of hydrogen-bond acceptors (Lipinski definition) is 3. The Morgan fingerprint density at radius 3 is 2.72 bits per heavy atom. The van der Waals surface area contributed by atoms with Gasteiger partial charge in [0, 0.05) is 23.2 Å². The van der Waals surface area contributed by atoms with Gasteiger partial charge in [-0.25, -0.2) is 0 Å². The zero-order chi connectivity index (χ0) is 18.2. The molecule has 0 unspecified atom stereocenters. The molecule has 0 aliphatic heterocycles. The number of hydrogen-bond donors (Lipinski definition) is 1. The minimum Gasteiger partial charge on any atom is -0.496 e. The SMILES string of the molecule is COc1ccccc1[C@H](C)N(C)CC(=O)NCCc1cccc(Cl)c1. The first kappa shape index (κ1) is 19.3. The van der Waals surface area contributed by atoms with Gasteiger partial charge in [0.2, 0.25) is 5.91 Å². The summed E-state index contributed by atoms with van der Waals surface area (Å²) in [5.74, 6) is 0.842. The highest BCUT2D eigenvalue weighted by Gasteiger charge is 2.17. The molecule has 1 atom stereocenters. The van der Waals surface area contributed by atoms with Crippen LogP contribution in [0.25, 0.3) is 0 Å². The van der Waals surface area contributed by atoms with Gasteiger partial charge in [-0.15, -0.1) is 0 Å². The Bertz CT molecular complexity index is 706. The number of para-hydroxylation sites is 1. The normalized spacial score (nSPS) is 12.0. The number of nitrogens with zero attached hydrogens (tertiary/aromatic N) is 1. The molecule has 0 fully saturated rings. The van der Waals surface area contributed by atoms with Crippen molar-refractivity contribution in [3.8, 4) is 5.75 Å². The Hall–Kier alpha value is -2.04. The molecule has 1 amide bonds. The summed E-state index contributed by atoms with van der Waals surface area (Å²) >= 11 is 5.97. The highest BCUT2D eigenvalue weighted by atomic mass is 35.5. The van der Waals surface area contributed by atoms with Crippen molar-refractivity contribution in [1.82, 2.24) is 10.2 Å². The van der Waals surface area contributed by atoms with Crippen LogP contribution in [-0.4, -0.2) is 38.1 Å². The molecule has 0 aliphatic rings. The fourth-order valence-electron chi connectivity index (χ4n) is 2.71. The molecule has 0 heterocycles. The maximum Gasteiger partial charge on any atom is 0.234 e. The predicted molar refractivity (Wildman–Crippen MR) is 102 cm³/mol. The summed E-state index contributed by atoms with van der Waals surface area (Å²) in [6, 6.07) is 15.7. The molecule has 1 N–H and O–H groups in total. The molecule has 0 bridgehead atoms. The molecule has 0 aromatic heterocycles.